The van der Waals surface area contributed by atoms with Crippen LogP contribution in [-0.2, 0) is 26.0 Å². The minimum absolute atomic E-state index is 0.0758. The molecule has 10 heteroatoms. The average Bonchev–Trinajstić information content (AvgIpc) is 3.27. The molecule has 35 heavy (non-hydrogen) atoms. The molecule has 1 heterocycles. The van der Waals surface area contributed by atoms with Gasteiger partial charge in [-0.2, -0.15) is 0 Å². The SMILES string of the molecule is COc1cccc(N2CCc3c2cccc3N(CC(=O)O)S(=O)(=O)c2ccc(NC(C)=O)cc2)c1. The van der Waals surface area contributed by atoms with E-state index in [1.54, 1.807) is 19.2 Å². The number of sulfonamides is 1. The lowest BCUT2D eigenvalue weighted by atomic mass is 10.1. The van der Waals surface area contributed by atoms with Crippen LogP contribution < -0.4 is 19.3 Å². The van der Waals surface area contributed by atoms with Crippen LogP contribution in [0.2, 0.25) is 0 Å². The van der Waals surface area contributed by atoms with E-state index in [1.165, 1.54) is 31.2 Å². The normalized spacial score (nSPS) is 12.7. The van der Waals surface area contributed by atoms with E-state index in [4.69, 9.17) is 4.74 Å². The van der Waals surface area contributed by atoms with Crippen LogP contribution in [0.5, 0.6) is 5.75 Å². The molecule has 0 aliphatic carbocycles. The monoisotopic (exact) mass is 495 g/mol. The highest BCUT2D eigenvalue weighted by Crippen LogP contribution is 2.41. The Kier molecular flexibility index (Phi) is 6.65. The summed E-state index contributed by atoms with van der Waals surface area (Å²) in [6, 6.07) is 18.4. The molecule has 0 saturated carbocycles. The van der Waals surface area contributed by atoms with E-state index in [-0.39, 0.29) is 10.8 Å². The van der Waals surface area contributed by atoms with Gasteiger partial charge in [0.05, 0.1) is 17.7 Å². The maximum atomic E-state index is 13.6. The van der Waals surface area contributed by atoms with Crippen LogP contribution in [-0.4, -0.2) is 45.6 Å². The Bertz CT molecular complexity index is 1370. The number of ether oxygens (including phenoxy) is 1. The Morgan fingerprint density at radius 1 is 1.09 bits per heavy atom. The first kappa shape index (κ1) is 24.1. The fourth-order valence-corrected chi connectivity index (χ4v) is 5.60. The lowest BCUT2D eigenvalue weighted by Crippen LogP contribution is -2.36. The minimum Gasteiger partial charge on any atom is -0.497 e. The van der Waals surface area contributed by atoms with Crippen LogP contribution in [0.3, 0.4) is 0 Å². The van der Waals surface area contributed by atoms with E-state index >= 15 is 0 Å². The summed E-state index contributed by atoms with van der Waals surface area (Å²) >= 11 is 0. The fraction of sp³-hybridized carbons (Fsp3) is 0.200. The second-order valence-corrected chi connectivity index (χ2v) is 9.85. The lowest BCUT2D eigenvalue weighted by Gasteiger charge is -2.26. The highest BCUT2D eigenvalue weighted by Gasteiger charge is 2.32. The van der Waals surface area contributed by atoms with Gasteiger partial charge in [0, 0.05) is 42.2 Å². The molecular formula is C25H25N3O6S. The Hall–Kier alpha value is -4.05. The van der Waals surface area contributed by atoms with Crippen molar-refractivity contribution >= 4 is 44.6 Å². The van der Waals surface area contributed by atoms with E-state index in [9.17, 15) is 23.1 Å². The van der Waals surface area contributed by atoms with Gasteiger partial charge in [0.15, 0.2) is 0 Å². The van der Waals surface area contributed by atoms with Gasteiger partial charge in [-0.15, -0.1) is 0 Å². The number of hydrogen-bond acceptors (Lipinski definition) is 6. The molecule has 0 aromatic heterocycles. The number of anilines is 4. The highest BCUT2D eigenvalue weighted by atomic mass is 32.2. The van der Waals surface area contributed by atoms with Crippen molar-refractivity contribution in [2.75, 3.05) is 34.7 Å². The van der Waals surface area contributed by atoms with Gasteiger partial charge >= 0.3 is 5.97 Å². The molecule has 3 aromatic carbocycles. The van der Waals surface area contributed by atoms with Crippen LogP contribution in [0.25, 0.3) is 0 Å². The second-order valence-electron chi connectivity index (χ2n) is 7.99. The topological polar surface area (TPSA) is 116 Å². The van der Waals surface area contributed by atoms with Crippen molar-refractivity contribution in [2.45, 2.75) is 18.2 Å². The summed E-state index contributed by atoms with van der Waals surface area (Å²) in [5.41, 5.74) is 3.20. The van der Waals surface area contributed by atoms with Crippen molar-refractivity contribution in [1.82, 2.24) is 0 Å². The fourth-order valence-electron chi connectivity index (χ4n) is 4.16. The van der Waals surface area contributed by atoms with E-state index in [0.717, 1.165) is 21.2 Å². The van der Waals surface area contributed by atoms with Crippen molar-refractivity contribution in [3.63, 3.8) is 0 Å². The number of nitrogens with zero attached hydrogens (tertiary/aromatic N) is 2. The summed E-state index contributed by atoms with van der Waals surface area (Å²) in [6.07, 6.45) is 0.538. The largest absolute Gasteiger partial charge is 0.497 e. The summed E-state index contributed by atoms with van der Waals surface area (Å²) in [6.45, 7) is 1.22. The predicted octanol–water partition coefficient (Wildman–Crippen LogP) is 3.63. The average molecular weight is 496 g/mol. The Morgan fingerprint density at radius 3 is 2.46 bits per heavy atom. The van der Waals surface area contributed by atoms with Crippen molar-refractivity contribution < 1.29 is 27.9 Å². The maximum Gasteiger partial charge on any atom is 0.324 e. The molecule has 9 nitrogen and oxygen atoms in total. The predicted molar refractivity (Wildman–Crippen MR) is 133 cm³/mol. The van der Waals surface area contributed by atoms with Gasteiger partial charge in [0.25, 0.3) is 10.0 Å². The maximum absolute atomic E-state index is 13.6. The van der Waals surface area contributed by atoms with Gasteiger partial charge in [0.1, 0.15) is 12.3 Å². The molecular weight excluding hydrogens is 470 g/mol. The summed E-state index contributed by atoms with van der Waals surface area (Å²) in [7, 11) is -2.62. The number of carboxylic acid groups (broad SMARTS) is 1. The van der Waals surface area contributed by atoms with E-state index in [1.807, 2.05) is 30.3 Å². The van der Waals surface area contributed by atoms with Gasteiger partial charge in [-0.05, 0) is 55.0 Å². The van der Waals surface area contributed by atoms with E-state index in [2.05, 4.69) is 10.2 Å². The molecule has 1 aliphatic rings. The highest BCUT2D eigenvalue weighted by molar-refractivity contribution is 7.92. The standard InChI is InChI=1S/C25H25N3O6S/c1-17(29)26-18-9-11-21(12-10-18)35(32,33)28(16-25(30)31)24-8-4-7-23-22(24)13-14-27(23)19-5-3-6-20(15-19)34-2/h3-12,15H,13-14,16H2,1-2H3,(H,26,29)(H,30,31). The van der Waals surface area contributed by atoms with Crippen LogP contribution in [0.4, 0.5) is 22.7 Å². The van der Waals surface area contributed by atoms with Gasteiger partial charge in [-0.3, -0.25) is 13.9 Å². The third kappa shape index (κ3) is 4.92. The quantitative estimate of drug-likeness (QED) is 0.490. The van der Waals surface area contributed by atoms with Gasteiger partial charge in [0.2, 0.25) is 5.91 Å². The molecule has 0 fully saturated rings. The van der Waals surface area contributed by atoms with Crippen molar-refractivity contribution in [3.05, 3.63) is 72.3 Å². The van der Waals surface area contributed by atoms with Gasteiger partial charge in [-0.25, -0.2) is 8.42 Å². The first-order chi connectivity index (χ1) is 16.7. The number of fused-ring (bicyclic) bond motifs is 1. The number of hydrogen-bond donors (Lipinski definition) is 2. The Balaban J connectivity index is 1.75. The molecule has 0 unspecified atom stereocenters. The number of methoxy groups -OCH3 is 1. The molecule has 0 spiro atoms. The van der Waals surface area contributed by atoms with Crippen LogP contribution in [0.1, 0.15) is 12.5 Å². The number of aliphatic carboxylic acids is 1. The molecule has 3 aromatic rings. The minimum atomic E-state index is -4.21. The number of nitrogens with one attached hydrogen (secondary N) is 1. The molecule has 0 radical (unpaired) electrons. The number of amides is 1. The molecule has 0 saturated heterocycles. The summed E-state index contributed by atoms with van der Waals surface area (Å²) in [5, 5.41) is 12.1. The molecule has 0 bridgehead atoms. The first-order valence-electron chi connectivity index (χ1n) is 10.9. The van der Waals surface area contributed by atoms with Crippen LogP contribution in [0.15, 0.2) is 71.6 Å². The molecule has 2 N–H and O–H groups in total. The number of rotatable bonds is 8. The molecule has 0 atom stereocenters. The third-order valence-corrected chi connectivity index (χ3v) is 7.45. The molecule has 1 aliphatic heterocycles. The van der Waals surface area contributed by atoms with Crippen molar-refractivity contribution in [3.8, 4) is 5.75 Å². The zero-order chi connectivity index (χ0) is 25.2. The van der Waals surface area contributed by atoms with Crippen molar-refractivity contribution in [2.24, 2.45) is 0 Å². The Labute approximate surface area is 203 Å². The number of benzene rings is 3. The van der Waals surface area contributed by atoms with E-state index < -0.39 is 22.5 Å². The zero-order valence-electron chi connectivity index (χ0n) is 19.3. The summed E-state index contributed by atoms with van der Waals surface area (Å²) < 4.78 is 33.4. The number of carbonyl (C=O) groups is 2. The first-order valence-corrected chi connectivity index (χ1v) is 12.3. The van der Waals surface area contributed by atoms with E-state index in [0.29, 0.717) is 30.1 Å². The molecule has 182 valence electrons. The zero-order valence-corrected chi connectivity index (χ0v) is 20.1. The Morgan fingerprint density at radius 2 is 1.80 bits per heavy atom. The number of carboxylic acids is 1. The van der Waals surface area contributed by atoms with Gasteiger partial charge in [-0.1, -0.05) is 12.1 Å². The summed E-state index contributed by atoms with van der Waals surface area (Å²) in [5.74, 6) is -0.859. The molecule has 4 rings (SSSR count). The van der Waals surface area contributed by atoms with Crippen LogP contribution in [0, 0.1) is 0 Å². The number of carbonyl (C=O) groups excluding carboxylic acids is 1. The van der Waals surface area contributed by atoms with Gasteiger partial charge < -0.3 is 20.1 Å². The van der Waals surface area contributed by atoms with Crippen LogP contribution >= 0.6 is 0 Å². The second kappa shape index (κ2) is 9.67. The van der Waals surface area contributed by atoms with Crippen molar-refractivity contribution in [1.29, 1.82) is 0 Å². The molecule has 1 amide bonds. The smallest absolute Gasteiger partial charge is 0.324 e. The lowest BCUT2D eigenvalue weighted by molar-refractivity contribution is -0.135. The summed E-state index contributed by atoms with van der Waals surface area (Å²) in [4.78, 5) is 25.0. The third-order valence-electron chi connectivity index (χ3n) is 5.68.